The van der Waals surface area contributed by atoms with Gasteiger partial charge in [-0.25, -0.2) is 4.98 Å². The Labute approximate surface area is 121 Å². The summed E-state index contributed by atoms with van der Waals surface area (Å²) < 4.78 is 5.80. The van der Waals surface area contributed by atoms with Gasteiger partial charge < -0.3 is 15.0 Å². The fourth-order valence-electron chi connectivity index (χ4n) is 2.90. The van der Waals surface area contributed by atoms with Crippen LogP contribution in [-0.2, 0) is 11.3 Å². The zero-order valence-corrected chi connectivity index (χ0v) is 12.3. The fourth-order valence-corrected chi connectivity index (χ4v) is 2.90. The molecule has 20 heavy (non-hydrogen) atoms. The molecular weight excluding hydrogens is 250 g/mol. The molecule has 1 saturated carbocycles. The molecule has 3 rings (SSSR count). The molecule has 110 valence electrons. The molecule has 2 heterocycles. The van der Waals surface area contributed by atoms with E-state index in [9.17, 15) is 0 Å². The predicted octanol–water partition coefficient (Wildman–Crippen LogP) is 2.34. The highest BCUT2D eigenvalue weighted by atomic mass is 16.5. The highest BCUT2D eigenvalue weighted by Gasteiger charge is 2.24. The molecule has 1 N–H and O–H groups in total. The zero-order valence-electron chi connectivity index (χ0n) is 12.3. The first kappa shape index (κ1) is 13.8. The van der Waals surface area contributed by atoms with Crippen molar-refractivity contribution in [1.82, 2.24) is 10.3 Å². The van der Waals surface area contributed by atoms with Crippen molar-refractivity contribution >= 4 is 5.82 Å². The number of rotatable bonds is 6. The summed E-state index contributed by atoms with van der Waals surface area (Å²) in [5.41, 5.74) is 1.32. The standard InChI is InChI=1S/C16H25N3O/c1-2-20-15-6-4-10-19(12-15)16-13(5-3-9-17-16)11-18-14-7-8-14/h3,5,9,14-15,18H,2,4,6-8,10-12H2,1H3. The first-order chi connectivity index (χ1) is 9.86. The number of aromatic nitrogens is 1. The lowest BCUT2D eigenvalue weighted by atomic mass is 10.1. The van der Waals surface area contributed by atoms with Crippen LogP contribution in [0.25, 0.3) is 0 Å². The van der Waals surface area contributed by atoms with Gasteiger partial charge in [0.2, 0.25) is 0 Å². The van der Waals surface area contributed by atoms with E-state index in [1.807, 2.05) is 12.3 Å². The number of hydrogen-bond acceptors (Lipinski definition) is 4. The Morgan fingerprint density at radius 1 is 1.40 bits per heavy atom. The second kappa shape index (κ2) is 6.55. The van der Waals surface area contributed by atoms with E-state index in [-0.39, 0.29) is 0 Å². The van der Waals surface area contributed by atoms with Crippen molar-refractivity contribution in [2.75, 3.05) is 24.6 Å². The monoisotopic (exact) mass is 275 g/mol. The van der Waals surface area contributed by atoms with Crippen LogP contribution in [0, 0.1) is 0 Å². The summed E-state index contributed by atoms with van der Waals surface area (Å²) >= 11 is 0. The van der Waals surface area contributed by atoms with Crippen LogP contribution in [0.3, 0.4) is 0 Å². The van der Waals surface area contributed by atoms with Crippen LogP contribution in [0.1, 0.15) is 38.2 Å². The van der Waals surface area contributed by atoms with Crippen LogP contribution in [0.2, 0.25) is 0 Å². The minimum atomic E-state index is 0.361. The lowest BCUT2D eigenvalue weighted by molar-refractivity contribution is 0.0525. The molecule has 0 bridgehead atoms. The lowest BCUT2D eigenvalue weighted by Gasteiger charge is -2.34. The molecule has 1 aliphatic carbocycles. The van der Waals surface area contributed by atoms with E-state index in [1.54, 1.807) is 0 Å². The molecule has 0 radical (unpaired) electrons. The number of pyridine rings is 1. The Kier molecular flexibility index (Phi) is 4.53. The minimum Gasteiger partial charge on any atom is -0.377 e. The molecule has 1 saturated heterocycles. The Morgan fingerprint density at radius 3 is 3.10 bits per heavy atom. The van der Waals surface area contributed by atoms with Crippen molar-refractivity contribution in [1.29, 1.82) is 0 Å². The lowest BCUT2D eigenvalue weighted by Crippen LogP contribution is -2.40. The average molecular weight is 275 g/mol. The number of nitrogens with zero attached hydrogens (tertiary/aromatic N) is 2. The predicted molar refractivity (Wildman–Crippen MR) is 81.0 cm³/mol. The molecule has 4 heteroatoms. The molecule has 1 aromatic rings. The van der Waals surface area contributed by atoms with Crippen LogP contribution in [0.4, 0.5) is 5.82 Å². The molecule has 0 amide bonds. The number of nitrogens with one attached hydrogen (secondary N) is 1. The second-order valence-corrected chi connectivity index (χ2v) is 5.81. The number of piperidine rings is 1. The van der Waals surface area contributed by atoms with Crippen LogP contribution in [0.5, 0.6) is 0 Å². The third-order valence-electron chi connectivity index (χ3n) is 4.11. The van der Waals surface area contributed by atoms with Gasteiger partial charge in [0.05, 0.1) is 6.10 Å². The maximum Gasteiger partial charge on any atom is 0.133 e. The van der Waals surface area contributed by atoms with E-state index in [0.717, 1.165) is 38.1 Å². The summed E-state index contributed by atoms with van der Waals surface area (Å²) in [5.74, 6) is 1.14. The zero-order chi connectivity index (χ0) is 13.8. The van der Waals surface area contributed by atoms with Gasteiger partial charge in [0, 0.05) is 44.0 Å². The molecule has 1 aliphatic heterocycles. The average Bonchev–Trinajstić information content (AvgIpc) is 3.30. The van der Waals surface area contributed by atoms with Gasteiger partial charge in [-0.05, 0) is 38.7 Å². The number of anilines is 1. The van der Waals surface area contributed by atoms with E-state index in [4.69, 9.17) is 4.74 Å². The summed E-state index contributed by atoms with van der Waals surface area (Å²) in [6, 6.07) is 4.97. The molecule has 1 atom stereocenters. The quantitative estimate of drug-likeness (QED) is 0.864. The highest BCUT2D eigenvalue weighted by Crippen LogP contribution is 2.24. The van der Waals surface area contributed by atoms with Gasteiger partial charge in [-0.2, -0.15) is 0 Å². The largest absolute Gasteiger partial charge is 0.377 e. The SMILES string of the molecule is CCOC1CCCN(c2ncccc2CNC2CC2)C1. The summed E-state index contributed by atoms with van der Waals surface area (Å²) in [6.45, 7) is 5.88. The summed E-state index contributed by atoms with van der Waals surface area (Å²) in [7, 11) is 0. The molecule has 1 unspecified atom stereocenters. The molecule has 4 nitrogen and oxygen atoms in total. The van der Waals surface area contributed by atoms with Gasteiger partial charge in [0.25, 0.3) is 0 Å². The van der Waals surface area contributed by atoms with Crippen molar-refractivity contribution in [2.24, 2.45) is 0 Å². The number of hydrogen-bond donors (Lipinski definition) is 1. The van der Waals surface area contributed by atoms with Crippen LogP contribution in [0.15, 0.2) is 18.3 Å². The van der Waals surface area contributed by atoms with Gasteiger partial charge >= 0.3 is 0 Å². The van der Waals surface area contributed by atoms with Gasteiger partial charge in [0.1, 0.15) is 5.82 Å². The van der Waals surface area contributed by atoms with Crippen LogP contribution >= 0.6 is 0 Å². The molecule has 0 aromatic carbocycles. The third kappa shape index (κ3) is 3.49. The van der Waals surface area contributed by atoms with E-state index < -0.39 is 0 Å². The van der Waals surface area contributed by atoms with Crippen molar-refractivity contribution in [3.8, 4) is 0 Å². The van der Waals surface area contributed by atoms with Gasteiger partial charge in [-0.1, -0.05) is 6.07 Å². The fraction of sp³-hybridized carbons (Fsp3) is 0.688. The Balaban J connectivity index is 1.67. The first-order valence-corrected chi connectivity index (χ1v) is 7.90. The molecule has 0 spiro atoms. The van der Waals surface area contributed by atoms with E-state index in [2.05, 4.69) is 28.2 Å². The maximum absolute atomic E-state index is 5.80. The van der Waals surface area contributed by atoms with Gasteiger partial charge in [-0.15, -0.1) is 0 Å². The minimum absolute atomic E-state index is 0.361. The highest BCUT2D eigenvalue weighted by molar-refractivity contribution is 5.47. The normalized spacial score (nSPS) is 23.1. The van der Waals surface area contributed by atoms with E-state index >= 15 is 0 Å². The van der Waals surface area contributed by atoms with Crippen LogP contribution in [-0.4, -0.2) is 36.8 Å². The Bertz CT molecular complexity index is 431. The molecular formula is C16H25N3O. The third-order valence-corrected chi connectivity index (χ3v) is 4.11. The van der Waals surface area contributed by atoms with Crippen molar-refractivity contribution in [3.05, 3.63) is 23.9 Å². The topological polar surface area (TPSA) is 37.4 Å². The Morgan fingerprint density at radius 2 is 2.30 bits per heavy atom. The summed E-state index contributed by atoms with van der Waals surface area (Å²) in [4.78, 5) is 7.02. The van der Waals surface area contributed by atoms with Crippen molar-refractivity contribution < 1.29 is 4.74 Å². The smallest absolute Gasteiger partial charge is 0.133 e. The van der Waals surface area contributed by atoms with Crippen LogP contribution < -0.4 is 10.2 Å². The second-order valence-electron chi connectivity index (χ2n) is 5.81. The van der Waals surface area contributed by atoms with Gasteiger partial charge in [-0.3, -0.25) is 0 Å². The van der Waals surface area contributed by atoms with Gasteiger partial charge in [0.15, 0.2) is 0 Å². The molecule has 2 aliphatic rings. The van der Waals surface area contributed by atoms with Crippen molar-refractivity contribution in [3.63, 3.8) is 0 Å². The maximum atomic E-state index is 5.80. The van der Waals surface area contributed by atoms with E-state index in [1.165, 1.54) is 31.2 Å². The summed E-state index contributed by atoms with van der Waals surface area (Å²) in [6.07, 6.45) is 7.28. The Hall–Kier alpha value is -1.13. The molecule has 2 fully saturated rings. The number of ether oxygens (including phenoxy) is 1. The molecule has 1 aromatic heterocycles. The summed E-state index contributed by atoms with van der Waals surface area (Å²) in [5, 5.41) is 3.59. The first-order valence-electron chi connectivity index (χ1n) is 7.90. The van der Waals surface area contributed by atoms with E-state index in [0.29, 0.717) is 6.10 Å². The van der Waals surface area contributed by atoms with Crippen molar-refractivity contribution in [2.45, 2.75) is 51.3 Å².